The van der Waals surface area contributed by atoms with Crippen LogP contribution in [-0.2, 0) is 23.1 Å². The molecular formula is C16H23IN4O3S. The first-order chi connectivity index (χ1) is 11.5. The van der Waals surface area contributed by atoms with Crippen LogP contribution in [0.25, 0.3) is 0 Å². The fraction of sp³-hybridized carbons (Fsp3) is 0.312. The summed E-state index contributed by atoms with van der Waals surface area (Å²) >= 11 is 0. The van der Waals surface area contributed by atoms with E-state index in [-0.39, 0.29) is 24.0 Å². The molecule has 0 spiro atoms. The summed E-state index contributed by atoms with van der Waals surface area (Å²) in [6.45, 7) is 3.55. The van der Waals surface area contributed by atoms with E-state index >= 15 is 0 Å². The average molecular weight is 478 g/mol. The molecule has 0 fully saturated rings. The molecule has 2 aromatic rings. The largest absolute Gasteiger partial charge is 0.467 e. The Balaban J connectivity index is 0.00000312. The van der Waals surface area contributed by atoms with E-state index in [0.717, 1.165) is 17.6 Å². The molecule has 1 aromatic carbocycles. The molecule has 0 aliphatic rings. The van der Waals surface area contributed by atoms with Gasteiger partial charge in [-0.2, -0.15) is 0 Å². The third kappa shape index (κ3) is 7.78. The molecule has 138 valence electrons. The molecule has 0 saturated carbocycles. The van der Waals surface area contributed by atoms with Crippen LogP contribution in [0.4, 0.5) is 5.69 Å². The number of nitrogens with zero attached hydrogens (tertiary/aromatic N) is 1. The number of nitrogens with one attached hydrogen (secondary N) is 3. The molecule has 9 heteroatoms. The van der Waals surface area contributed by atoms with E-state index in [1.165, 1.54) is 0 Å². The summed E-state index contributed by atoms with van der Waals surface area (Å²) in [7, 11) is -3.33. The molecule has 0 bridgehead atoms. The van der Waals surface area contributed by atoms with Crippen LogP contribution in [0.5, 0.6) is 0 Å². The van der Waals surface area contributed by atoms with Gasteiger partial charge in [-0.1, -0.05) is 18.2 Å². The van der Waals surface area contributed by atoms with Gasteiger partial charge in [-0.25, -0.2) is 13.4 Å². The van der Waals surface area contributed by atoms with Gasteiger partial charge < -0.3 is 15.1 Å². The standard InChI is InChI=1S/C16H22N4O3S.HI/c1-3-17-16(19-12-14-8-6-10-23-14)18-11-13-7-4-5-9-15(13)20-24(2,21)22;/h4-10,20H,3,11-12H2,1-2H3,(H2,17,18,19);1H. The van der Waals surface area contributed by atoms with Gasteiger partial charge in [0.1, 0.15) is 5.76 Å². The zero-order chi connectivity index (χ0) is 17.4. The van der Waals surface area contributed by atoms with Crippen LogP contribution in [0, 0.1) is 0 Å². The van der Waals surface area contributed by atoms with Crippen molar-refractivity contribution in [3.8, 4) is 0 Å². The Kier molecular flexibility index (Phi) is 8.76. The second-order valence-electron chi connectivity index (χ2n) is 5.16. The molecule has 0 amide bonds. The molecule has 0 aliphatic heterocycles. The Morgan fingerprint density at radius 2 is 1.92 bits per heavy atom. The van der Waals surface area contributed by atoms with Crippen LogP contribution in [0.3, 0.4) is 0 Å². The molecule has 1 heterocycles. The maximum absolute atomic E-state index is 11.4. The van der Waals surface area contributed by atoms with E-state index in [2.05, 4.69) is 20.3 Å². The van der Waals surface area contributed by atoms with E-state index < -0.39 is 10.0 Å². The van der Waals surface area contributed by atoms with Crippen molar-refractivity contribution in [2.75, 3.05) is 17.5 Å². The zero-order valence-corrected chi connectivity index (χ0v) is 17.3. The Hall–Kier alpha value is -1.75. The maximum atomic E-state index is 11.4. The number of furan rings is 1. The molecule has 0 radical (unpaired) electrons. The van der Waals surface area contributed by atoms with Gasteiger partial charge in [0.15, 0.2) is 5.96 Å². The third-order valence-electron chi connectivity index (χ3n) is 3.07. The summed E-state index contributed by atoms with van der Waals surface area (Å²) in [6.07, 6.45) is 2.75. The van der Waals surface area contributed by atoms with Crippen molar-refractivity contribution in [3.63, 3.8) is 0 Å². The molecule has 0 atom stereocenters. The number of aliphatic imine (C=N–C) groups is 1. The SMILES string of the molecule is CCNC(=NCc1ccccc1NS(C)(=O)=O)NCc1ccco1.I. The van der Waals surface area contributed by atoms with Gasteiger partial charge in [0.25, 0.3) is 0 Å². The first-order valence-corrected chi connectivity index (χ1v) is 9.47. The zero-order valence-electron chi connectivity index (χ0n) is 14.2. The number of sulfonamides is 1. The fourth-order valence-corrected chi connectivity index (χ4v) is 2.65. The van der Waals surface area contributed by atoms with E-state index in [0.29, 0.717) is 31.3 Å². The second-order valence-corrected chi connectivity index (χ2v) is 6.91. The van der Waals surface area contributed by atoms with Crippen LogP contribution in [0.1, 0.15) is 18.2 Å². The number of hydrogen-bond donors (Lipinski definition) is 3. The smallest absolute Gasteiger partial charge is 0.229 e. The lowest BCUT2D eigenvalue weighted by atomic mass is 10.2. The molecule has 0 unspecified atom stereocenters. The Morgan fingerprint density at radius 1 is 1.16 bits per heavy atom. The number of para-hydroxylation sites is 1. The number of anilines is 1. The number of hydrogen-bond acceptors (Lipinski definition) is 4. The quantitative estimate of drug-likeness (QED) is 0.323. The monoisotopic (exact) mass is 478 g/mol. The second kappa shape index (κ2) is 10.3. The lowest BCUT2D eigenvalue weighted by Gasteiger charge is -2.12. The van der Waals surface area contributed by atoms with Crippen LogP contribution in [0.2, 0.25) is 0 Å². The predicted octanol–water partition coefficient (Wildman–Crippen LogP) is 2.52. The van der Waals surface area contributed by atoms with Crippen LogP contribution in [-0.4, -0.2) is 27.2 Å². The molecular weight excluding hydrogens is 455 g/mol. The van der Waals surface area contributed by atoms with Crippen molar-refractivity contribution in [2.24, 2.45) is 4.99 Å². The summed E-state index contributed by atoms with van der Waals surface area (Å²) in [5.74, 6) is 1.43. The van der Waals surface area contributed by atoms with Gasteiger partial charge in [-0.3, -0.25) is 4.72 Å². The topological polar surface area (TPSA) is 95.7 Å². The van der Waals surface area contributed by atoms with Crippen LogP contribution in [0.15, 0.2) is 52.1 Å². The van der Waals surface area contributed by atoms with Crippen molar-refractivity contribution in [2.45, 2.75) is 20.0 Å². The van der Waals surface area contributed by atoms with E-state index in [1.54, 1.807) is 18.4 Å². The molecule has 1 aromatic heterocycles. The van der Waals surface area contributed by atoms with Crippen LogP contribution >= 0.6 is 24.0 Å². The molecule has 25 heavy (non-hydrogen) atoms. The molecule has 3 N–H and O–H groups in total. The van der Waals surface area contributed by atoms with E-state index in [1.807, 2.05) is 31.2 Å². The van der Waals surface area contributed by atoms with Gasteiger partial charge in [0.2, 0.25) is 10.0 Å². The highest BCUT2D eigenvalue weighted by atomic mass is 127. The van der Waals surface area contributed by atoms with Crippen molar-refractivity contribution in [3.05, 3.63) is 54.0 Å². The highest BCUT2D eigenvalue weighted by Gasteiger charge is 2.07. The minimum Gasteiger partial charge on any atom is -0.467 e. The summed E-state index contributed by atoms with van der Waals surface area (Å²) in [4.78, 5) is 4.49. The highest BCUT2D eigenvalue weighted by molar-refractivity contribution is 14.0. The number of guanidine groups is 1. The lowest BCUT2D eigenvalue weighted by Crippen LogP contribution is -2.36. The normalized spacial score (nSPS) is 11.5. The van der Waals surface area contributed by atoms with Crippen LogP contribution < -0.4 is 15.4 Å². The Bertz CT molecular complexity index is 776. The number of rotatable bonds is 7. The van der Waals surface area contributed by atoms with Crippen molar-refractivity contribution in [1.29, 1.82) is 0 Å². The third-order valence-corrected chi connectivity index (χ3v) is 3.67. The minimum absolute atomic E-state index is 0. The van der Waals surface area contributed by atoms with Gasteiger partial charge in [-0.05, 0) is 30.7 Å². The van der Waals surface area contributed by atoms with E-state index in [4.69, 9.17) is 4.42 Å². The summed E-state index contributed by atoms with van der Waals surface area (Å²) in [5.41, 5.74) is 1.32. The maximum Gasteiger partial charge on any atom is 0.229 e. The number of benzene rings is 1. The van der Waals surface area contributed by atoms with Gasteiger partial charge in [0, 0.05) is 6.54 Å². The lowest BCUT2D eigenvalue weighted by molar-refractivity contribution is 0.501. The van der Waals surface area contributed by atoms with E-state index in [9.17, 15) is 8.42 Å². The summed E-state index contributed by atoms with van der Waals surface area (Å²) in [6, 6.07) is 10.9. The predicted molar refractivity (Wildman–Crippen MR) is 111 cm³/mol. The van der Waals surface area contributed by atoms with Crippen molar-refractivity contribution >= 4 is 45.6 Å². The van der Waals surface area contributed by atoms with Gasteiger partial charge in [0.05, 0.1) is 31.3 Å². The van der Waals surface area contributed by atoms with Gasteiger partial charge >= 0.3 is 0 Å². The molecule has 0 saturated heterocycles. The first-order valence-electron chi connectivity index (χ1n) is 7.58. The Labute approximate surface area is 165 Å². The Morgan fingerprint density at radius 3 is 2.56 bits per heavy atom. The van der Waals surface area contributed by atoms with Gasteiger partial charge in [-0.15, -0.1) is 24.0 Å². The highest BCUT2D eigenvalue weighted by Crippen LogP contribution is 2.17. The van der Waals surface area contributed by atoms with Crippen molar-refractivity contribution in [1.82, 2.24) is 10.6 Å². The molecule has 2 rings (SSSR count). The number of halogens is 1. The average Bonchev–Trinajstić information content (AvgIpc) is 3.03. The summed E-state index contributed by atoms with van der Waals surface area (Å²) in [5, 5.41) is 6.31. The molecule has 0 aliphatic carbocycles. The first kappa shape index (κ1) is 21.3. The molecule has 7 nitrogen and oxygen atoms in total. The summed E-state index contributed by atoms with van der Waals surface area (Å²) < 4.78 is 30.7. The minimum atomic E-state index is -3.33. The fourth-order valence-electron chi connectivity index (χ4n) is 2.05. The van der Waals surface area contributed by atoms with Crippen molar-refractivity contribution < 1.29 is 12.8 Å².